The second kappa shape index (κ2) is 6.79. The number of anilines is 1. The molecule has 3 rings (SSSR count). The van der Waals surface area contributed by atoms with Crippen LogP contribution < -0.4 is 4.90 Å². The van der Waals surface area contributed by atoms with E-state index in [4.69, 9.17) is 0 Å². The highest BCUT2D eigenvalue weighted by Gasteiger charge is 2.15. The average Bonchev–Trinajstić information content (AvgIpc) is 2.94. The number of nitrogens with zero attached hydrogens (tertiary/aromatic N) is 3. The van der Waals surface area contributed by atoms with Crippen LogP contribution in [0.2, 0.25) is 0 Å². The van der Waals surface area contributed by atoms with Gasteiger partial charge in [0.25, 0.3) is 0 Å². The molecule has 4 nitrogen and oxygen atoms in total. The molecule has 3 aromatic rings. The van der Waals surface area contributed by atoms with Crippen LogP contribution in [0.5, 0.6) is 0 Å². The van der Waals surface area contributed by atoms with Gasteiger partial charge in [0.1, 0.15) is 11.3 Å². The van der Waals surface area contributed by atoms with Crippen LogP contribution in [0.15, 0.2) is 48.5 Å². The fourth-order valence-electron chi connectivity index (χ4n) is 2.86. The Morgan fingerprint density at radius 3 is 2.61 bits per heavy atom. The van der Waals surface area contributed by atoms with Crippen LogP contribution in [0.25, 0.3) is 11.0 Å². The van der Waals surface area contributed by atoms with Crippen molar-refractivity contribution in [2.45, 2.75) is 20.0 Å². The topological polar surface area (TPSA) is 41.3 Å². The van der Waals surface area contributed by atoms with E-state index in [0.717, 1.165) is 23.6 Å². The molecule has 0 bridgehead atoms. The number of aromatic nitrogens is 2. The van der Waals surface area contributed by atoms with E-state index in [1.54, 1.807) is 6.07 Å². The molecule has 1 N–H and O–H groups in total. The van der Waals surface area contributed by atoms with Gasteiger partial charge in [-0.1, -0.05) is 24.3 Å². The van der Waals surface area contributed by atoms with Gasteiger partial charge in [0.05, 0.1) is 18.7 Å². The number of para-hydroxylation sites is 2. The van der Waals surface area contributed by atoms with E-state index in [9.17, 15) is 9.50 Å². The number of aryl methyl sites for hydroxylation is 1. The molecule has 120 valence electrons. The summed E-state index contributed by atoms with van der Waals surface area (Å²) in [6.07, 6.45) is 0. The maximum Gasteiger partial charge on any atom is 0.151 e. The van der Waals surface area contributed by atoms with Crippen molar-refractivity contribution in [2.75, 3.05) is 18.1 Å². The summed E-state index contributed by atoms with van der Waals surface area (Å²) >= 11 is 0. The highest BCUT2D eigenvalue weighted by molar-refractivity contribution is 5.76. The van der Waals surface area contributed by atoms with Crippen LogP contribution in [0, 0.1) is 5.82 Å². The molecular formula is C18H20FN3O. The molecule has 23 heavy (non-hydrogen) atoms. The fraction of sp³-hybridized carbons (Fsp3) is 0.278. The lowest BCUT2D eigenvalue weighted by Crippen LogP contribution is -2.27. The molecule has 0 radical (unpaired) electrons. The summed E-state index contributed by atoms with van der Waals surface area (Å²) in [6, 6.07) is 14.9. The second-order valence-electron chi connectivity index (χ2n) is 5.36. The first-order valence-electron chi connectivity index (χ1n) is 7.79. The Labute approximate surface area is 134 Å². The van der Waals surface area contributed by atoms with Gasteiger partial charge in [-0.2, -0.15) is 0 Å². The lowest BCUT2D eigenvalue weighted by atomic mass is 10.3. The minimum atomic E-state index is -0.302. The van der Waals surface area contributed by atoms with Gasteiger partial charge in [-0.15, -0.1) is 0 Å². The minimum Gasteiger partial charge on any atom is -0.395 e. The third-order valence-corrected chi connectivity index (χ3v) is 3.95. The summed E-state index contributed by atoms with van der Waals surface area (Å²) < 4.78 is 16.0. The third kappa shape index (κ3) is 3.05. The number of rotatable bonds is 6. The normalized spacial score (nSPS) is 11.1. The molecule has 0 saturated carbocycles. The minimum absolute atomic E-state index is 0.0512. The molecule has 0 amide bonds. The molecule has 0 saturated heterocycles. The molecular weight excluding hydrogens is 293 g/mol. The quantitative estimate of drug-likeness (QED) is 0.760. The molecule has 0 aliphatic carbocycles. The monoisotopic (exact) mass is 313 g/mol. The molecule has 0 fully saturated rings. The van der Waals surface area contributed by atoms with Crippen LogP contribution in [0.3, 0.4) is 0 Å². The molecule has 1 aromatic heterocycles. The summed E-state index contributed by atoms with van der Waals surface area (Å²) in [7, 11) is 0. The van der Waals surface area contributed by atoms with Crippen molar-refractivity contribution in [1.29, 1.82) is 0 Å². The summed E-state index contributed by atoms with van der Waals surface area (Å²) in [6.45, 7) is 3.81. The van der Waals surface area contributed by atoms with E-state index in [0.29, 0.717) is 18.6 Å². The van der Waals surface area contributed by atoms with Gasteiger partial charge in [0.15, 0.2) is 5.82 Å². The van der Waals surface area contributed by atoms with Crippen molar-refractivity contribution < 1.29 is 9.50 Å². The summed E-state index contributed by atoms with van der Waals surface area (Å²) in [5, 5.41) is 9.36. The lowest BCUT2D eigenvalue weighted by molar-refractivity contribution is 0.301. The van der Waals surface area contributed by atoms with Crippen LogP contribution in [-0.4, -0.2) is 27.8 Å². The second-order valence-corrected chi connectivity index (χ2v) is 5.36. The van der Waals surface area contributed by atoms with E-state index in [1.165, 1.54) is 6.07 Å². The van der Waals surface area contributed by atoms with Gasteiger partial charge >= 0.3 is 0 Å². The maximum absolute atomic E-state index is 14.0. The zero-order valence-corrected chi connectivity index (χ0v) is 13.1. The van der Waals surface area contributed by atoms with Crippen LogP contribution >= 0.6 is 0 Å². The lowest BCUT2D eigenvalue weighted by Gasteiger charge is -2.24. The number of hydrogen-bond acceptors (Lipinski definition) is 3. The summed E-state index contributed by atoms with van der Waals surface area (Å²) in [5.74, 6) is 0.495. The van der Waals surface area contributed by atoms with Gasteiger partial charge in [0, 0.05) is 18.8 Å². The Hall–Kier alpha value is -2.40. The number of hydrogen-bond donors (Lipinski definition) is 1. The van der Waals surface area contributed by atoms with E-state index >= 15 is 0 Å². The Balaban J connectivity index is 2.00. The number of aliphatic hydroxyl groups excluding tert-OH is 1. The molecule has 0 aliphatic rings. The molecule has 0 spiro atoms. The molecule has 0 atom stereocenters. The zero-order chi connectivity index (χ0) is 16.2. The number of halogens is 1. The Kier molecular flexibility index (Phi) is 4.57. The largest absolute Gasteiger partial charge is 0.395 e. The number of fused-ring (bicyclic) bond motifs is 1. The van der Waals surface area contributed by atoms with Crippen molar-refractivity contribution in [3.8, 4) is 0 Å². The molecule has 5 heteroatoms. The van der Waals surface area contributed by atoms with Crippen molar-refractivity contribution >= 4 is 16.7 Å². The predicted molar refractivity (Wildman–Crippen MR) is 89.9 cm³/mol. The maximum atomic E-state index is 14.0. The molecule has 0 aliphatic heterocycles. The zero-order valence-electron chi connectivity index (χ0n) is 13.1. The standard InChI is InChI=1S/C18H20FN3O/c1-2-22-16-10-6-9-15(19)18(16)20-17(22)13-21(11-12-23)14-7-4-3-5-8-14/h3-10,23H,2,11-13H2,1H3. The molecule has 0 unspecified atom stereocenters. The van der Waals surface area contributed by atoms with Crippen LogP contribution in [-0.2, 0) is 13.1 Å². The first-order chi connectivity index (χ1) is 11.2. The highest BCUT2D eigenvalue weighted by Crippen LogP contribution is 2.22. The van der Waals surface area contributed by atoms with E-state index in [-0.39, 0.29) is 12.4 Å². The van der Waals surface area contributed by atoms with Gasteiger partial charge in [-0.25, -0.2) is 9.37 Å². The van der Waals surface area contributed by atoms with Crippen molar-refractivity contribution in [3.05, 3.63) is 60.2 Å². The van der Waals surface area contributed by atoms with E-state index in [1.807, 2.05) is 52.8 Å². The van der Waals surface area contributed by atoms with Gasteiger partial charge in [-0.3, -0.25) is 0 Å². The smallest absolute Gasteiger partial charge is 0.151 e. The van der Waals surface area contributed by atoms with E-state index in [2.05, 4.69) is 4.98 Å². The average molecular weight is 313 g/mol. The summed E-state index contributed by atoms with van der Waals surface area (Å²) in [4.78, 5) is 6.54. The van der Waals surface area contributed by atoms with Crippen LogP contribution in [0.4, 0.5) is 10.1 Å². The number of benzene rings is 2. The SMILES string of the molecule is CCn1c(CN(CCO)c2ccccc2)nc2c(F)cccc21. The van der Waals surface area contributed by atoms with Crippen LogP contribution in [0.1, 0.15) is 12.7 Å². The first kappa shape index (κ1) is 15.5. The predicted octanol–water partition coefficient (Wildman–Crippen LogP) is 3.19. The van der Waals surface area contributed by atoms with Crippen molar-refractivity contribution in [3.63, 3.8) is 0 Å². The van der Waals surface area contributed by atoms with Gasteiger partial charge < -0.3 is 14.6 Å². The van der Waals surface area contributed by atoms with Gasteiger partial charge in [-0.05, 0) is 31.2 Å². The van der Waals surface area contributed by atoms with E-state index < -0.39 is 0 Å². The van der Waals surface area contributed by atoms with Crippen molar-refractivity contribution in [1.82, 2.24) is 9.55 Å². The molecule has 2 aromatic carbocycles. The van der Waals surface area contributed by atoms with Gasteiger partial charge in [0.2, 0.25) is 0 Å². The number of imidazole rings is 1. The Morgan fingerprint density at radius 2 is 1.91 bits per heavy atom. The fourth-order valence-corrected chi connectivity index (χ4v) is 2.86. The number of aliphatic hydroxyl groups is 1. The highest BCUT2D eigenvalue weighted by atomic mass is 19.1. The summed E-state index contributed by atoms with van der Waals surface area (Å²) in [5.41, 5.74) is 2.22. The Bertz CT molecular complexity index is 786. The Morgan fingerprint density at radius 1 is 1.13 bits per heavy atom. The first-order valence-corrected chi connectivity index (χ1v) is 7.79. The van der Waals surface area contributed by atoms with Crippen molar-refractivity contribution in [2.24, 2.45) is 0 Å². The molecule has 1 heterocycles. The third-order valence-electron chi connectivity index (χ3n) is 3.95.